The molecule has 1 amide bonds. The van der Waals surface area contributed by atoms with E-state index in [4.69, 9.17) is 12.2 Å². The number of anilines is 1. The van der Waals surface area contributed by atoms with Crippen molar-refractivity contribution < 1.29 is 4.79 Å². The molecular weight excluding hydrogens is 392 g/mol. The van der Waals surface area contributed by atoms with E-state index in [9.17, 15) is 9.59 Å². The van der Waals surface area contributed by atoms with Gasteiger partial charge in [-0.25, -0.2) is 14.5 Å². The van der Waals surface area contributed by atoms with Gasteiger partial charge in [-0.1, -0.05) is 18.2 Å². The van der Waals surface area contributed by atoms with Crippen LogP contribution in [0.25, 0.3) is 0 Å². The number of carbonyl (C=O) groups is 1. The standard InChI is InChI=1S/C18H22N8O2S/c1-14-23-26(18(28)25(14)10-5-9-24-11-8-19-13-24)12-16(27)21-22-17(29)20-15-6-3-2-4-7-15/h2-4,6-8,11,13H,5,9-10,12H2,1H3,(H,21,27)(H2,20,22,29). The van der Waals surface area contributed by atoms with Gasteiger partial charge >= 0.3 is 5.69 Å². The molecule has 0 radical (unpaired) electrons. The number of carbonyl (C=O) groups excluding carboxylic acids is 1. The molecule has 0 saturated heterocycles. The summed E-state index contributed by atoms with van der Waals surface area (Å²) in [7, 11) is 0. The summed E-state index contributed by atoms with van der Waals surface area (Å²) in [5.41, 5.74) is 5.53. The molecule has 3 rings (SSSR count). The van der Waals surface area contributed by atoms with Crippen LogP contribution < -0.4 is 21.9 Å². The number of hydrogen-bond donors (Lipinski definition) is 3. The van der Waals surface area contributed by atoms with Crippen LogP contribution in [0.2, 0.25) is 0 Å². The predicted molar refractivity (Wildman–Crippen MR) is 112 cm³/mol. The molecule has 0 aliphatic carbocycles. The molecule has 0 unspecified atom stereocenters. The minimum absolute atomic E-state index is 0.213. The van der Waals surface area contributed by atoms with Gasteiger partial charge in [-0.3, -0.25) is 20.2 Å². The van der Waals surface area contributed by atoms with E-state index in [0.29, 0.717) is 12.4 Å². The van der Waals surface area contributed by atoms with Gasteiger partial charge in [-0.05, 0) is 37.7 Å². The number of amides is 1. The number of benzene rings is 1. The summed E-state index contributed by atoms with van der Waals surface area (Å²) in [6.45, 7) is 2.78. The Bertz CT molecular complexity index is 1010. The van der Waals surface area contributed by atoms with E-state index in [-0.39, 0.29) is 17.3 Å². The number of rotatable bonds is 7. The summed E-state index contributed by atoms with van der Waals surface area (Å²) >= 11 is 5.12. The van der Waals surface area contributed by atoms with Crippen molar-refractivity contribution >= 4 is 28.9 Å². The summed E-state index contributed by atoms with van der Waals surface area (Å²) in [6.07, 6.45) is 6.06. The lowest BCUT2D eigenvalue weighted by Crippen LogP contribution is -2.46. The molecule has 0 atom stereocenters. The van der Waals surface area contributed by atoms with Crippen LogP contribution >= 0.6 is 12.2 Å². The number of nitrogens with one attached hydrogen (secondary N) is 3. The van der Waals surface area contributed by atoms with Gasteiger partial charge in [0.2, 0.25) is 0 Å². The third-order valence-electron chi connectivity index (χ3n) is 4.11. The Morgan fingerprint density at radius 2 is 1.97 bits per heavy atom. The fraction of sp³-hybridized carbons (Fsp3) is 0.278. The maximum atomic E-state index is 12.5. The highest BCUT2D eigenvalue weighted by atomic mass is 32.1. The number of aromatic nitrogens is 5. The second kappa shape index (κ2) is 9.64. The number of hydrazine groups is 1. The Kier molecular flexibility index (Phi) is 6.74. The minimum Gasteiger partial charge on any atom is -0.337 e. The lowest BCUT2D eigenvalue weighted by Gasteiger charge is -2.11. The monoisotopic (exact) mass is 414 g/mol. The van der Waals surface area contributed by atoms with Gasteiger partial charge in [0.15, 0.2) is 5.11 Å². The molecule has 29 heavy (non-hydrogen) atoms. The van der Waals surface area contributed by atoms with Gasteiger partial charge in [0.25, 0.3) is 5.91 Å². The normalized spacial score (nSPS) is 10.5. The average Bonchev–Trinajstić information content (AvgIpc) is 3.31. The lowest BCUT2D eigenvalue weighted by atomic mass is 10.3. The highest BCUT2D eigenvalue weighted by molar-refractivity contribution is 7.80. The fourth-order valence-corrected chi connectivity index (χ4v) is 2.89. The Labute approximate surface area is 172 Å². The van der Waals surface area contributed by atoms with E-state index in [2.05, 4.69) is 26.3 Å². The van der Waals surface area contributed by atoms with Gasteiger partial charge in [-0.15, -0.1) is 0 Å². The number of para-hydroxylation sites is 1. The van der Waals surface area contributed by atoms with Crippen LogP contribution in [-0.4, -0.2) is 34.9 Å². The SMILES string of the molecule is Cc1nn(CC(=O)NNC(=S)Nc2ccccc2)c(=O)n1CCCn1ccnc1. The summed E-state index contributed by atoms with van der Waals surface area (Å²) in [4.78, 5) is 28.6. The summed E-state index contributed by atoms with van der Waals surface area (Å²) in [6, 6.07) is 9.31. The molecule has 0 aliphatic rings. The topological polar surface area (TPSA) is 111 Å². The van der Waals surface area contributed by atoms with Crippen molar-refractivity contribution in [2.24, 2.45) is 0 Å². The molecule has 0 saturated carbocycles. The average molecular weight is 414 g/mol. The lowest BCUT2D eigenvalue weighted by molar-refractivity contribution is -0.122. The van der Waals surface area contributed by atoms with Crippen LogP contribution in [0.1, 0.15) is 12.2 Å². The highest BCUT2D eigenvalue weighted by Crippen LogP contribution is 2.04. The molecule has 10 nitrogen and oxygen atoms in total. The van der Waals surface area contributed by atoms with Crippen LogP contribution in [0.5, 0.6) is 0 Å². The molecule has 152 valence electrons. The fourth-order valence-electron chi connectivity index (χ4n) is 2.73. The number of aryl methyl sites for hydroxylation is 2. The molecule has 2 aromatic heterocycles. The first-order valence-corrected chi connectivity index (χ1v) is 9.44. The van der Waals surface area contributed by atoms with Gasteiger partial charge in [0.05, 0.1) is 6.33 Å². The summed E-state index contributed by atoms with van der Waals surface area (Å²) in [5.74, 6) is 0.120. The first-order chi connectivity index (χ1) is 14.0. The zero-order valence-corrected chi connectivity index (χ0v) is 16.7. The first kappa shape index (κ1) is 20.3. The molecule has 2 heterocycles. The van der Waals surface area contributed by atoms with Crippen LogP contribution in [0, 0.1) is 6.92 Å². The molecule has 0 spiro atoms. The van der Waals surface area contributed by atoms with Crippen LogP contribution in [0.3, 0.4) is 0 Å². The number of hydrogen-bond acceptors (Lipinski definition) is 5. The van der Waals surface area contributed by atoms with E-state index >= 15 is 0 Å². The van der Waals surface area contributed by atoms with Crippen molar-refractivity contribution in [1.82, 2.24) is 34.8 Å². The molecule has 1 aromatic carbocycles. The van der Waals surface area contributed by atoms with Crippen LogP contribution in [-0.2, 0) is 24.4 Å². The van der Waals surface area contributed by atoms with Gasteiger partial charge in [-0.2, -0.15) is 5.10 Å². The zero-order valence-electron chi connectivity index (χ0n) is 15.9. The van der Waals surface area contributed by atoms with Gasteiger partial charge < -0.3 is 9.88 Å². The quantitative estimate of drug-likeness (QED) is 0.385. The number of imidazole rings is 1. The van der Waals surface area contributed by atoms with Crippen molar-refractivity contribution in [3.05, 3.63) is 65.4 Å². The highest BCUT2D eigenvalue weighted by Gasteiger charge is 2.13. The maximum Gasteiger partial charge on any atom is 0.346 e. The maximum absolute atomic E-state index is 12.5. The molecule has 0 fully saturated rings. The van der Waals surface area contributed by atoms with E-state index in [1.807, 2.05) is 41.1 Å². The van der Waals surface area contributed by atoms with Crippen molar-refractivity contribution in [2.75, 3.05) is 5.32 Å². The summed E-state index contributed by atoms with van der Waals surface area (Å²) < 4.78 is 4.63. The summed E-state index contributed by atoms with van der Waals surface area (Å²) in [5, 5.41) is 7.34. The minimum atomic E-state index is -0.438. The number of nitrogens with zero attached hydrogens (tertiary/aromatic N) is 5. The van der Waals surface area contributed by atoms with E-state index in [1.54, 1.807) is 24.0 Å². The van der Waals surface area contributed by atoms with Crippen molar-refractivity contribution in [1.29, 1.82) is 0 Å². The van der Waals surface area contributed by atoms with E-state index in [0.717, 1.165) is 23.3 Å². The van der Waals surface area contributed by atoms with Crippen molar-refractivity contribution in [3.63, 3.8) is 0 Å². The Morgan fingerprint density at radius 3 is 2.69 bits per heavy atom. The second-order valence-corrected chi connectivity index (χ2v) is 6.69. The third kappa shape index (κ3) is 5.75. The van der Waals surface area contributed by atoms with E-state index in [1.165, 1.54) is 0 Å². The molecule has 11 heteroatoms. The Balaban J connectivity index is 1.48. The molecular formula is C18H22N8O2S. The van der Waals surface area contributed by atoms with Crippen molar-refractivity contribution in [2.45, 2.75) is 33.0 Å². The van der Waals surface area contributed by atoms with Crippen molar-refractivity contribution in [3.8, 4) is 0 Å². The smallest absolute Gasteiger partial charge is 0.337 e. The Hall–Kier alpha value is -3.47. The second-order valence-electron chi connectivity index (χ2n) is 6.29. The molecule has 0 aliphatic heterocycles. The van der Waals surface area contributed by atoms with E-state index < -0.39 is 5.91 Å². The molecule has 3 aromatic rings. The predicted octanol–water partition coefficient (Wildman–Crippen LogP) is 0.658. The largest absolute Gasteiger partial charge is 0.346 e. The molecule has 3 N–H and O–H groups in total. The van der Waals surface area contributed by atoms with Crippen LogP contribution in [0.4, 0.5) is 5.69 Å². The Morgan fingerprint density at radius 1 is 1.17 bits per heavy atom. The number of thiocarbonyl (C=S) groups is 1. The first-order valence-electron chi connectivity index (χ1n) is 9.04. The van der Waals surface area contributed by atoms with Crippen LogP contribution in [0.15, 0.2) is 53.8 Å². The molecule has 0 bridgehead atoms. The van der Waals surface area contributed by atoms with Gasteiger partial charge in [0.1, 0.15) is 12.4 Å². The van der Waals surface area contributed by atoms with Gasteiger partial charge in [0, 0.05) is 31.2 Å². The third-order valence-corrected chi connectivity index (χ3v) is 4.31. The zero-order chi connectivity index (χ0) is 20.6.